The van der Waals surface area contributed by atoms with Gasteiger partial charge in [-0.25, -0.2) is 0 Å². The molecule has 0 spiro atoms. The van der Waals surface area contributed by atoms with Crippen LogP contribution in [0.25, 0.3) is 0 Å². The minimum Gasteiger partial charge on any atom is -0.462 e. The van der Waals surface area contributed by atoms with Gasteiger partial charge in [-0.3, -0.25) is 9.59 Å². The van der Waals surface area contributed by atoms with Gasteiger partial charge in [-0.15, -0.1) is 0 Å². The highest BCUT2D eigenvalue weighted by atomic mass is 16.6. The van der Waals surface area contributed by atoms with Crippen LogP contribution in [0.2, 0.25) is 0 Å². The van der Waals surface area contributed by atoms with Crippen molar-refractivity contribution in [3.05, 3.63) is 36.5 Å². The minimum absolute atomic E-state index is 0.0647. The third-order valence-electron chi connectivity index (χ3n) is 11.9. The summed E-state index contributed by atoms with van der Waals surface area (Å²) in [5.41, 5.74) is 0. The Morgan fingerprint density at radius 3 is 1.00 bits per heavy atom. The average Bonchev–Trinajstić information content (AvgIpc) is 3.25. The molecule has 0 aromatic rings. The molecule has 0 amide bonds. The first-order chi connectivity index (χ1) is 29.6. The fourth-order valence-corrected chi connectivity index (χ4v) is 7.88. The second-order valence-electron chi connectivity index (χ2n) is 17.9. The van der Waals surface area contributed by atoms with Crippen molar-refractivity contribution in [1.82, 2.24) is 0 Å². The van der Waals surface area contributed by atoms with E-state index in [1.165, 1.54) is 212 Å². The van der Waals surface area contributed by atoms with E-state index in [0.29, 0.717) is 12.8 Å². The van der Waals surface area contributed by atoms with Crippen molar-refractivity contribution in [1.29, 1.82) is 0 Å². The third-order valence-corrected chi connectivity index (χ3v) is 11.9. The Bertz CT molecular complexity index is 955. The highest BCUT2D eigenvalue weighted by Crippen LogP contribution is 2.16. The molecule has 60 heavy (non-hydrogen) atoms. The quantitative estimate of drug-likeness (QED) is 0.0375. The van der Waals surface area contributed by atoms with E-state index in [4.69, 9.17) is 9.47 Å². The SMILES string of the molecule is CCCCCCC/C=C\C/C=C\CCCCCCCCCCCC(=O)OC(CO)COC(=O)CCCCCCCCCCCCCCC/C=C\CCCCCCCCCC. The van der Waals surface area contributed by atoms with Crippen LogP contribution in [0.1, 0.15) is 284 Å². The normalized spacial score (nSPS) is 12.4. The number of esters is 2. The van der Waals surface area contributed by atoms with Gasteiger partial charge in [0.05, 0.1) is 6.61 Å². The zero-order valence-corrected chi connectivity index (χ0v) is 40.2. The van der Waals surface area contributed by atoms with Gasteiger partial charge in [0.15, 0.2) is 6.10 Å². The monoisotopic (exact) mass is 843 g/mol. The molecule has 0 rings (SSSR count). The van der Waals surface area contributed by atoms with Crippen LogP contribution in [0.3, 0.4) is 0 Å². The predicted octanol–water partition coefficient (Wildman–Crippen LogP) is 17.5. The molecule has 0 aliphatic carbocycles. The van der Waals surface area contributed by atoms with Crippen molar-refractivity contribution in [3.63, 3.8) is 0 Å². The average molecular weight is 843 g/mol. The largest absolute Gasteiger partial charge is 0.462 e. The number of ether oxygens (including phenoxy) is 2. The molecule has 1 atom stereocenters. The highest BCUT2D eigenvalue weighted by Gasteiger charge is 2.16. The molecular weight excluding hydrogens is 741 g/mol. The van der Waals surface area contributed by atoms with Crippen molar-refractivity contribution < 1.29 is 24.2 Å². The van der Waals surface area contributed by atoms with E-state index in [1.807, 2.05) is 0 Å². The van der Waals surface area contributed by atoms with Gasteiger partial charge < -0.3 is 14.6 Å². The minimum atomic E-state index is -0.773. The molecule has 0 saturated heterocycles. The summed E-state index contributed by atoms with van der Waals surface area (Å²) in [5, 5.41) is 9.63. The van der Waals surface area contributed by atoms with E-state index in [-0.39, 0.29) is 25.2 Å². The van der Waals surface area contributed by atoms with Crippen LogP contribution in [0, 0.1) is 0 Å². The highest BCUT2D eigenvalue weighted by molar-refractivity contribution is 5.70. The van der Waals surface area contributed by atoms with Crippen LogP contribution in [-0.4, -0.2) is 36.4 Å². The number of carbonyl (C=O) groups excluding carboxylic acids is 2. The first kappa shape index (κ1) is 58.1. The summed E-state index contributed by atoms with van der Waals surface area (Å²) in [6, 6.07) is 0. The van der Waals surface area contributed by atoms with Crippen molar-refractivity contribution in [2.75, 3.05) is 13.2 Å². The summed E-state index contributed by atoms with van der Waals surface area (Å²) >= 11 is 0. The van der Waals surface area contributed by atoms with Gasteiger partial charge >= 0.3 is 11.9 Å². The molecule has 0 aliphatic heterocycles. The topological polar surface area (TPSA) is 72.8 Å². The van der Waals surface area contributed by atoms with Gasteiger partial charge in [-0.1, -0.05) is 237 Å². The molecule has 0 aliphatic rings. The molecule has 0 saturated carbocycles. The summed E-state index contributed by atoms with van der Waals surface area (Å²) in [7, 11) is 0. The molecule has 0 bridgehead atoms. The predicted molar refractivity (Wildman–Crippen MR) is 261 cm³/mol. The zero-order chi connectivity index (χ0) is 43.5. The van der Waals surface area contributed by atoms with E-state index in [0.717, 1.165) is 44.9 Å². The van der Waals surface area contributed by atoms with E-state index in [9.17, 15) is 14.7 Å². The standard InChI is InChI=1S/C55H102O5/c1-3-5-7-9-11-13-15-17-19-21-23-25-26-27-28-30-31-33-35-37-39-41-43-45-47-49-54(57)59-52-53(51-56)60-55(58)50-48-46-44-42-40-38-36-34-32-29-24-22-20-18-16-14-12-10-8-6-4-2/h16,18,21-24,53,56H,3-15,17,19-20,25-52H2,1-2H3/b18-16-,23-21-,24-22-. The number of hydrogen-bond acceptors (Lipinski definition) is 5. The van der Waals surface area contributed by atoms with Gasteiger partial charge in [0, 0.05) is 12.8 Å². The van der Waals surface area contributed by atoms with Crippen LogP contribution >= 0.6 is 0 Å². The van der Waals surface area contributed by atoms with Crippen LogP contribution in [0.4, 0.5) is 0 Å². The molecule has 0 fully saturated rings. The maximum absolute atomic E-state index is 12.3. The fourth-order valence-electron chi connectivity index (χ4n) is 7.88. The lowest BCUT2D eigenvalue weighted by atomic mass is 10.0. The van der Waals surface area contributed by atoms with Gasteiger partial charge in [-0.05, 0) is 70.6 Å². The number of aliphatic hydroxyl groups is 1. The number of carbonyl (C=O) groups is 2. The van der Waals surface area contributed by atoms with E-state index in [1.54, 1.807) is 0 Å². The third kappa shape index (κ3) is 48.8. The van der Waals surface area contributed by atoms with Crippen LogP contribution in [0.5, 0.6) is 0 Å². The second-order valence-corrected chi connectivity index (χ2v) is 17.9. The Morgan fingerprint density at radius 2 is 0.667 bits per heavy atom. The van der Waals surface area contributed by atoms with E-state index >= 15 is 0 Å². The smallest absolute Gasteiger partial charge is 0.306 e. The van der Waals surface area contributed by atoms with E-state index < -0.39 is 6.10 Å². The number of aliphatic hydroxyl groups excluding tert-OH is 1. The van der Waals surface area contributed by atoms with Crippen molar-refractivity contribution in [2.45, 2.75) is 290 Å². The maximum Gasteiger partial charge on any atom is 0.306 e. The lowest BCUT2D eigenvalue weighted by Crippen LogP contribution is -2.28. The van der Waals surface area contributed by atoms with Gasteiger partial charge in [0.25, 0.3) is 0 Å². The summed E-state index contributed by atoms with van der Waals surface area (Å²) in [6.07, 6.45) is 65.3. The van der Waals surface area contributed by atoms with Crippen LogP contribution in [-0.2, 0) is 19.1 Å². The molecule has 0 radical (unpaired) electrons. The lowest BCUT2D eigenvalue weighted by molar-refractivity contribution is -0.161. The molecule has 5 nitrogen and oxygen atoms in total. The molecule has 352 valence electrons. The fraction of sp³-hybridized carbons (Fsp3) is 0.855. The summed E-state index contributed by atoms with van der Waals surface area (Å²) < 4.78 is 10.7. The summed E-state index contributed by atoms with van der Waals surface area (Å²) in [5.74, 6) is -0.583. The van der Waals surface area contributed by atoms with Gasteiger partial charge in [0.2, 0.25) is 0 Å². The van der Waals surface area contributed by atoms with E-state index in [2.05, 4.69) is 50.3 Å². The first-order valence-electron chi connectivity index (χ1n) is 26.5. The Balaban J connectivity index is 3.47. The van der Waals surface area contributed by atoms with Crippen LogP contribution in [0.15, 0.2) is 36.5 Å². The van der Waals surface area contributed by atoms with Gasteiger partial charge in [0.1, 0.15) is 6.61 Å². The Hall–Kier alpha value is -1.88. The maximum atomic E-state index is 12.3. The lowest BCUT2D eigenvalue weighted by Gasteiger charge is -2.15. The van der Waals surface area contributed by atoms with Gasteiger partial charge in [-0.2, -0.15) is 0 Å². The Kier molecular flexibility index (Phi) is 49.9. The number of unbranched alkanes of at least 4 members (excludes halogenated alkanes) is 35. The molecule has 0 heterocycles. The summed E-state index contributed by atoms with van der Waals surface area (Å²) in [4.78, 5) is 24.5. The van der Waals surface area contributed by atoms with Crippen molar-refractivity contribution in [3.8, 4) is 0 Å². The first-order valence-corrected chi connectivity index (χ1v) is 26.5. The number of rotatable bonds is 49. The summed E-state index contributed by atoms with van der Waals surface area (Å²) in [6.45, 7) is 4.16. The second kappa shape index (κ2) is 51.5. The zero-order valence-electron chi connectivity index (χ0n) is 40.2. The number of hydrogen-bond donors (Lipinski definition) is 1. The number of allylic oxidation sites excluding steroid dienone is 6. The molecular formula is C55H102O5. The Morgan fingerprint density at radius 1 is 0.383 bits per heavy atom. The molecule has 0 aromatic heterocycles. The van der Waals surface area contributed by atoms with Crippen molar-refractivity contribution >= 4 is 11.9 Å². The molecule has 5 heteroatoms. The molecule has 0 aromatic carbocycles. The van der Waals surface area contributed by atoms with Crippen molar-refractivity contribution in [2.24, 2.45) is 0 Å². The molecule has 1 unspecified atom stereocenters. The van der Waals surface area contributed by atoms with Crippen LogP contribution < -0.4 is 0 Å². The molecule has 1 N–H and O–H groups in total. The Labute approximate surface area is 374 Å².